The van der Waals surface area contributed by atoms with Gasteiger partial charge in [0, 0.05) is 0 Å². The molecular formula is C9H12N2Ni. The van der Waals surface area contributed by atoms with Gasteiger partial charge in [-0.25, -0.2) is 0 Å². The monoisotopic (exact) mass is 206 g/mol. The van der Waals surface area contributed by atoms with E-state index >= 15 is 0 Å². The SMILES string of the molecule is C=CCn1ccn(CC=C)[c]1=[Ni]. The molecule has 0 aromatic carbocycles. The molecule has 0 bridgehead atoms. The van der Waals surface area contributed by atoms with Crippen LogP contribution in [0.1, 0.15) is 0 Å². The number of rotatable bonds is 4. The Balaban J connectivity index is 2.95. The molecule has 0 aliphatic heterocycles. The number of allylic oxidation sites excluding steroid dienone is 2. The van der Waals surface area contributed by atoms with Crippen LogP contribution >= 0.6 is 0 Å². The van der Waals surface area contributed by atoms with Crippen LogP contribution in [-0.2, 0) is 28.1 Å². The van der Waals surface area contributed by atoms with E-state index in [-0.39, 0.29) is 0 Å². The molecule has 0 N–H and O–H groups in total. The summed E-state index contributed by atoms with van der Waals surface area (Å²) in [4.78, 5) is 0. The first-order chi connectivity index (χ1) is 5.79. The van der Waals surface area contributed by atoms with Gasteiger partial charge in [-0.3, -0.25) is 0 Å². The summed E-state index contributed by atoms with van der Waals surface area (Å²) in [5.74, 6) is 0. The molecule has 12 heavy (non-hydrogen) atoms. The molecule has 1 aromatic heterocycles. The average Bonchev–Trinajstić information content (AvgIpc) is 2.38. The van der Waals surface area contributed by atoms with Crippen molar-refractivity contribution < 1.29 is 15.0 Å². The van der Waals surface area contributed by atoms with E-state index < -0.39 is 0 Å². The van der Waals surface area contributed by atoms with Gasteiger partial charge in [-0.05, 0) is 0 Å². The molecule has 0 aliphatic rings. The van der Waals surface area contributed by atoms with E-state index in [2.05, 4.69) is 13.2 Å². The van der Waals surface area contributed by atoms with Crippen molar-refractivity contribution in [1.29, 1.82) is 0 Å². The van der Waals surface area contributed by atoms with Crippen LogP contribution in [-0.4, -0.2) is 9.13 Å². The van der Waals surface area contributed by atoms with E-state index in [9.17, 15) is 0 Å². The Labute approximate surface area is 79.7 Å². The van der Waals surface area contributed by atoms with Crippen molar-refractivity contribution in [1.82, 2.24) is 9.13 Å². The van der Waals surface area contributed by atoms with Gasteiger partial charge in [0.2, 0.25) is 0 Å². The van der Waals surface area contributed by atoms with Crippen molar-refractivity contribution in [2.45, 2.75) is 13.1 Å². The van der Waals surface area contributed by atoms with E-state index in [1.165, 1.54) is 0 Å². The van der Waals surface area contributed by atoms with Crippen LogP contribution in [0.15, 0.2) is 37.7 Å². The molecule has 0 spiro atoms. The van der Waals surface area contributed by atoms with Crippen LogP contribution in [0.2, 0.25) is 0 Å². The third-order valence-corrected chi connectivity index (χ3v) is 2.08. The van der Waals surface area contributed by atoms with Gasteiger partial charge < -0.3 is 0 Å². The van der Waals surface area contributed by atoms with E-state index in [1.807, 2.05) is 33.7 Å². The minimum atomic E-state index is 0.777. The van der Waals surface area contributed by atoms with Crippen molar-refractivity contribution in [3.05, 3.63) is 42.1 Å². The standard InChI is InChI=1S/C9H12N2.Ni/c1-3-5-10-7-8-11(9-10)6-4-2;/h3-4,7-8H,1-2,5-6H2;. The predicted octanol–water partition coefficient (Wildman–Crippen LogP) is 1.74. The number of imidazole rings is 1. The summed E-state index contributed by atoms with van der Waals surface area (Å²) in [6.45, 7) is 8.88. The first-order valence-corrected chi connectivity index (χ1v) is 4.21. The van der Waals surface area contributed by atoms with Crippen molar-refractivity contribution in [2.24, 2.45) is 0 Å². The Morgan fingerprint density at radius 1 is 1.17 bits per heavy atom. The number of hydrogen-bond acceptors (Lipinski definition) is 0. The minimum absolute atomic E-state index is 0.777. The number of aromatic nitrogens is 2. The second-order valence-electron chi connectivity index (χ2n) is 2.42. The van der Waals surface area contributed by atoms with Gasteiger partial charge in [0.1, 0.15) is 0 Å². The quantitative estimate of drug-likeness (QED) is 0.525. The first kappa shape index (κ1) is 9.27. The van der Waals surface area contributed by atoms with Gasteiger partial charge in [-0.2, -0.15) is 0 Å². The van der Waals surface area contributed by atoms with E-state index in [4.69, 9.17) is 15.0 Å². The third kappa shape index (κ3) is 1.86. The topological polar surface area (TPSA) is 9.86 Å². The van der Waals surface area contributed by atoms with Crippen LogP contribution in [0.25, 0.3) is 0 Å². The fourth-order valence-corrected chi connectivity index (χ4v) is 1.31. The van der Waals surface area contributed by atoms with Crippen LogP contribution < -0.4 is 0 Å². The Hall–Kier alpha value is -0.816. The zero-order valence-corrected chi connectivity index (χ0v) is 7.84. The molecule has 1 rings (SSSR count). The van der Waals surface area contributed by atoms with Crippen molar-refractivity contribution in [3.63, 3.8) is 0 Å². The molecule has 0 unspecified atom stereocenters. The molecule has 0 aliphatic carbocycles. The summed E-state index contributed by atoms with van der Waals surface area (Å²) in [5.41, 5.74) is 0. The maximum absolute atomic E-state index is 4.88. The molecule has 0 saturated heterocycles. The second-order valence-corrected chi connectivity index (χ2v) is 2.86. The second kappa shape index (κ2) is 4.27. The van der Waals surface area contributed by atoms with Gasteiger partial charge in [0.25, 0.3) is 0 Å². The summed E-state index contributed by atoms with van der Waals surface area (Å²) in [6, 6.07) is 0. The zero-order chi connectivity index (χ0) is 8.97. The zero-order valence-electron chi connectivity index (χ0n) is 6.85. The number of nitrogens with zero attached hydrogens (tertiary/aromatic N) is 2. The van der Waals surface area contributed by atoms with E-state index in [0.29, 0.717) is 0 Å². The molecule has 1 heterocycles. The average molecular weight is 207 g/mol. The van der Waals surface area contributed by atoms with Crippen LogP contribution in [0.5, 0.6) is 0 Å². The van der Waals surface area contributed by atoms with E-state index in [1.54, 1.807) is 0 Å². The Bertz CT molecular complexity index is 302. The van der Waals surface area contributed by atoms with Crippen molar-refractivity contribution >= 4 is 0 Å². The van der Waals surface area contributed by atoms with Crippen LogP contribution in [0.3, 0.4) is 0 Å². The summed E-state index contributed by atoms with van der Waals surface area (Å²) >= 11 is 4.88. The Kier molecular flexibility index (Phi) is 3.30. The molecule has 0 saturated carbocycles. The first-order valence-electron chi connectivity index (χ1n) is 3.72. The summed E-state index contributed by atoms with van der Waals surface area (Å²) in [5, 5.41) is 0. The molecule has 0 fully saturated rings. The molecule has 1 aromatic rings. The molecule has 2 nitrogen and oxygen atoms in total. The van der Waals surface area contributed by atoms with Crippen LogP contribution in [0.4, 0.5) is 0 Å². The normalized spacial score (nSPS) is 9.83. The third-order valence-electron chi connectivity index (χ3n) is 1.52. The Morgan fingerprint density at radius 3 is 1.92 bits per heavy atom. The van der Waals surface area contributed by atoms with Gasteiger partial charge in [0.05, 0.1) is 0 Å². The van der Waals surface area contributed by atoms with Crippen molar-refractivity contribution in [2.75, 3.05) is 0 Å². The number of hydrogen-bond donors (Lipinski definition) is 0. The molecule has 0 radical (unpaired) electrons. The molecule has 0 atom stereocenters. The molecular weight excluding hydrogens is 195 g/mol. The van der Waals surface area contributed by atoms with Crippen LogP contribution in [0, 0.1) is 4.40 Å². The maximum atomic E-state index is 4.88. The molecule has 0 amide bonds. The predicted molar refractivity (Wildman–Crippen MR) is 46.1 cm³/mol. The molecule has 3 heteroatoms. The molecule has 68 valence electrons. The van der Waals surface area contributed by atoms with Gasteiger partial charge >= 0.3 is 79.4 Å². The Morgan fingerprint density at radius 2 is 1.58 bits per heavy atom. The van der Waals surface area contributed by atoms with Crippen molar-refractivity contribution in [3.8, 4) is 0 Å². The van der Waals surface area contributed by atoms with Gasteiger partial charge in [-0.1, -0.05) is 0 Å². The fraction of sp³-hybridized carbons (Fsp3) is 0.222. The van der Waals surface area contributed by atoms with Gasteiger partial charge in [0.15, 0.2) is 0 Å². The van der Waals surface area contributed by atoms with Gasteiger partial charge in [-0.15, -0.1) is 0 Å². The fourth-order valence-electron chi connectivity index (χ4n) is 0.979. The summed E-state index contributed by atoms with van der Waals surface area (Å²) in [6.07, 6.45) is 7.59. The summed E-state index contributed by atoms with van der Waals surface area (Å²) in [7, 11) is 0. The van der Waals surface area contributed by atoms with E-state index in [0.717, 1.165) is 17.5 Å². The summed E-state index contributed by atoms with van der Waals surface area (Å²) < 4.78 is 4.82.